The number of fused-ring (bicyclic) bond motifs is 1. The summed E-state index contributed by atoms with van der Waals surface area (Å²) in [7, 11) is 0. The van der Waals surface area contributed by atoms with E-state index in [1.54, 1.807) is 13.3 Å². The number of nitrogens with zero attached hydrogens (tertiary/aromatic N) is 3. The molecule has 4 rings (SSSR count). The van der Waals surface area contributed by atoms with Crippen LogP contribution in [0, 0.1) is 12.8 Å². The molecule has 1 aromatic heterocycles. The minimum atomic E-state index is 0.0967. The number of hydrogen-bond donors (Lipinski definition) is 0. The summed E-state index contributed by atoms with van der Waals surface area (Å²) in [6, 6.07) is 14.6. The summed E-state index contributed by atoms with van der Waals surface area (Å²) in [5, 5.41) is 1.08. The van der Waals surface area contributed by atoms with E-state index in [0.717, 1.165) is 48.2 Å². The monoisotopic (exact) mass is 345 g/mol. The van der Waals surface area contributed by atoms with Crippen molar-refractivity contribution in [3.63, 3.8) is 0 Å². The number of rotatable bonds is 3. The molecule has 132 valence electrons. The van der Waals surface area contributed by atoms with Gasteiger partial charge < -0.3 is 4.90 Å². The Morgan fingerprint density at radius 3 is 2.69 bits per heavy atom. The zero-order valence-electron chi connectivity index (χ0n) is 15.3. The van der Waals surface area contributed by atoms with E-state index in [4.69, 9.17) is 0 Å². The molecule has 1 unspecified atom stereocenters. The lowest BCUT2D eigenvalue weighted by Gasteiger charge is -2.33. The van der Waals surface area contributed by atoms with Crippen molar-refractivity contribution in [1.29, 1.82) is 0 Å². The van der Waals surface area contributed by atoms with Crippen LogP contribution in [0.2, 0.25) is 0 Å². The molecule has 0 bridgehead atoms. The van der Waals surface area contributed by atoms with Crippen LogP contribution in [-0.2, 0) is 4.79 Å². The third kappa shape index (κ3) is 2.96. The number of anilines is 1. The number of aromatic nitrogens is 2. The average Bonchev–Trinajstić information content (AvgIpc) is 2.67. The molecule has 1 saturated heterocycles. The van der Waals surface area contributed by atoms with E-state index in [9.17, 15) is 4.79 Å². The van der Waals surface area contributed by atoms with E-state index in [0.29, 0.717) is 0 Å². The Bertz CT molecular complexity index is 961. The fraction of sp³-hybridized carbons (Fsp3) is 0.318. The van der Waals surface area contributed by atoms with Crippen LogP contribution in [-0.4, -0.2) is 28.8 Å². The Labute approximate surface area is 153 Å². The van der Waals surface area contributed by atoms with Crippen molar-refractivity contribution in [2.24, 2.45) is 5.92 Å². The van der Waals surface area contributed by atoms with Crippen LogP contribution < -0.4 is 4.90 Å². The van der Waals surface area contributed by atoms with E-state index < -0.39 is 0 Å². The van der Waals surface area contributed by atoms with Gasteiger partial charge in [0.25, 0.3) is 0 Å². The molecule has 1 fully saturated rings. The largest absolute Gasteiger partial charge is 0.355 e. The molecule has 4 heteroatoms. The number of benzene rings is 2. The molecule has 1 atom stereocenters. The van der Waals surface area contributed by atoms with Crippen LogP contribution in [0.25, 0.3) is 22.0 Å². The quantitative estimate of drug-likeness (QED) is 0.705. The van der Waals surface area contributed by atoms with Crippen molar-refractivity contribution in [2.45, 2.75) is 26.7 Å². The van der Waals surface area contributed by atoms with Gasteiger partial charge in [0.2, 0.25) is 0 Å². The highest BCUT2D eigenvalue weighted by Gasteiger charge is 2.26. The number of aryl methyl sites for hydroxylation is 1. The van der Waals surface area contributed by atoms with Gasteiger partial charge in [-0.05, 0) is 49.4 Å². The molecule has 0 saturated carbocycles. The number of hydrogen-bond acceptors (Lipinski definition) is 4. The smallest absolute Gasteiger partial charge is 0.140 e. The summed E-state index contributed by atoms with van der Waals surface area (Å²) in [4.78, 5) is 23.3. The maximum atomic E-state index is 11.9. The fourth-order valence-electron chi connectivity index (χ4n) is 3.93. The number of carbonyl (C=O) groups excluding carboxylic acids is 1. The third-order valence-electron chi connectivity index (χ3n) is 5.37. The van der Waals surface area contributed by atoms with Crippen molar-refractivity contribution < 1.29 is 4.79 Å². The topological polar surface area (TPSA) is 46.1 Å². The first kappa shape index (κ1) is 16.7. The van der Waals surface area contributed by atoms with Gasteiger partial charge in [-0.3, -0.25) is 4.79 Å². The van der Waals surface area contributed by atoms with Gasteiger partial charge in [-0.15, -0.1) is 0 Å². The molecule has 1 aliphatic rings. The number of ketones is 1. The van der Waals surface area contributed by atoms with Crippen molar-refractivity contribution in [3.05, 3.63) is 54.4 Å². The van der Waals surface area contributed by atoms with Crippen LogP contribution in [0.3, 0.4) is 0 Å². The normalized spacial score (nSPS) is 17.5. The molecule has 0 spiro atoms. The van der Waals surface area contributed by atoms with E-state index in [1.165, 1.54) is 11.1 Å². The molecule has 0 radical (unpaired) electrons. The predicted molar refractivity (Wildman–Crippen MR) is 105 cm³/mol. The van der Waals surface area contributed by atoms with Crippen LogP contribution in [0.5, 0.6) is 0 Å². The summed E-state index contributed by atoms with van der Waals surface area (Å²) in [5.41, 5.74) is 4.53. The molecule has 3 aromatic rings. The Morgan fingerprint density at radius 1 is 1.08 bits per heavy atom. The average molecular weight is 345 g/mol. The summed E-state index contributed by atoms with van der Waals surface area (Å²) >= 11 is 0. The van der Waals surface area contributed by atoms with Gasteiger partial charge in [0.1, 0.15) is 17.9 Å². The summed E-state index contributed by atoms with van der Waals surface area (Å²) in [6.07, 6.45) is 3.62. The maximum Gasteiger partial charge on any atom is 0.140 e. The van der Waals surface area contributed by atoms with Crippen molar-refractivity contribution >= 4 is 22.5 Å². The lowest BCUT2D eigenvalue weighted by molar-refractivity contribution is -0.120. The van der Waals surface area contributed by atoms with E-state index >= 15 is 0 Å². The van der Waals surface area contributed by atoms with Gasteiger partial charge in [-0.25, -0.2) is 9.97 Å². The standard InChI is InChI=1S/C22H23N3O/c1-15-7-3-4-9-18(15)19-10-5-11-20-21(19)22(24-14-23-20)25-12-6-8-17(13-25)16(2)26/h3-5,7,9-11,14,17H,6,8,12-13H2,1-2H3. The molecule has 0 aliphatic carbocycles. The second-order valence-electron chi connectivity index (χ2n) is 7.11. The lowest BCUT2D eigenvalue weighted by Crippen LogP contribution is -2.38. The molecule has 0 N–H and O–H groups in total. The van der Waals surface area contributed by atoms with E-state index in [-0.39, 0.29) is 11.7 Å². The maximum absolute atomic E-state index is 11.9. The van der Waals surface area contributed by atoms with E-state index in [2.05, 4.69) is 58.2 Å². The van der Waals surface area contributed by atoms with Crippen LogP contribution in [0.1, 0.15) is 25.3 Å². The Balaban J connectivity index is 1.88. The first-order valence-corrected chi connectivity index (χ1v) is 9.20. The highest BCUT2D eigenvalue weighted by molar-refractivity contribution is 6.02. The Kier molecular flexibility index (Phi) is 4.41. The third-order valence-corrected chi connectivity index (χ3v) is 5.37. The molecule has 2 heterocycles. The number of piperidine rings is 1. The van der Waals surface area contributed by atoms with Crippen molar-refractivity contribution in [1.82, 2.24) is 9.97 Å². The molecule has 2 aromatic carbocycles. The number of Topliss-reactive ketones (excluding diaryl/α,β-unsaturated/α-hetero) is 1. The zero-order chi connectivity index (χ0) is 18.1. The van der Waals surface area contributed by atoms with Crippen molar-refractivity contribution in [3.8, 4) is 11.1 Å². The zero-order valence-corrected chi connectivity index (χ0v) is 15.3. The minimum Gasteiger partial charge on any atom is -0.355 e. The van der Waals surface area contributed by atoms with Gasteiger partial charge in [0, 0.05) is 19.0 Å². The first-order chi connectivity index (χ1) is 12.6. The fourth-order valence-corrected chi connectivity index (χ4v) is 3.93. The minimum absolute atomic E-state index is 0.0967. The summed E-state index contributed by atoms with van der Waals surface area (Å²) < 4.78 is 0. The molecule has 4 nitrogen and oxygen atoms in total. The van der Waals surface area contributed by atoms with Gasteiger partial charge in [0.15, 0.2) is 0 Å². The van der Waals surface area contributed by atoms with Gasteiger partial charge in [-0.2, -0.15) is 0 Å². The molecule has 1 aliphatic heterocycles. The molecular weight excluding hydrogens is 322 g/mol. The predicted octanol–water partition coefficient (Wildman–Crippen LogP) is 4.41. The second kappa shape index (κ2) is 6.87. The van der Waals surface area contributed by atoms with Crippen molar-refractivity contribution in [2.75, 3.05) is 18.0 Å². The molecule has 0 amide bonds. The highest BCUT2D eigenvalue weighted by Crippen LogP contribution is 2.36. The SMILES string of the molecule is CC(=O)C1CCCN(c2ncnc3cccc(-c4ccccc4C)c23)C1. The van der Waals surface area contributed by atoms with Crippen LogP contribution in [0.4, 0.5) is 5.82 Å². The first-order valence-electron chi connectivity index (χ1n) is 9.20. The molecule has 26 heavy (non-hydrogen) atoms. The summed E-state index contributed by atoms with van der Waals surface area (Å²) in [6.45, 7) is 5.50. The highest BCUT2D eigenvalue weighted by atomic mass is 16.1. The summed E-state index contributed by atoms with van der Waals surface area (Å²) in [5.74, 6) is 1.31. The van der Waals surface area contributed by atoms with Gasteiger partial charge in [0.05, 0.1) is 10.9 Å². The van der Waals surface area contributed by atoms with Gasteiger partial charge in [-0.1, -0.05) is 36.4 Å². The Hall–Kier alpha value is -2.75. The Morgan fingerprint density at radius 2 is 1.88 bits per heavy atom. The van der Waals surface area contributed by atoms with Gasteiger partial charge >= 0.3 is 0 Å². The lowest BCUT2D eigenvalue weighted by atomic mass is 9.93. The van der Waals surface area contributed by atoms with E-state index in [1.807, 2.05) is 6.07 Å². The number of carbonyl (C=O) groups is 1. The molecular formula is C22H23N3O. The van der Waals surface area contributed by atoms with Crippen LogP contribution >= 0.6 is 0 Å². The van der Waals surface area contributed by atoms with Crippen LogP contribution in [0.15, 0.2) is 48.8 Å². The second-order valence-corrected chi connectivity index (χ2v) is 7.11.